The SMILES string of the molecule is Cn1nc(-c2ccccc2)cc1C(=O)NC1CCC12CCOCC2. The van der Waals surface area contributed by atoms with Crippen molar-refractivity contribution in [1.29, 1.82) is 0 Å². The summed E-state index contributed by atoms with van der Waals surface area (Å²) in [6.45, 7) is 1.63. The molecule has 2 aliphatic rings. The summed E-state index contributed by atoms with van der Waals surface area (Å²) in [4.78, 5) is 12.7. The van der Waals surface area contributed by atoms with Gasteiger partial charge in [-0.25, -0.2) is 0 Å². The third-order valence-corrected chi connectivity index (χ3v) is 5.65. The second-order valence-electron chi connectivity index (χ2n) is 6.94. The van der Waals surface area contributed by atoms with Crippen LogP contribution in [0, 0.1) is 5.41 Å². The van der Waals surface area contributed by atoms with Gasteiger partial charge in [-0.1, -0.05) is 30.3 Å². The van der Waals surface area contributed by atoms with Crippen molar-refractivity contribution in [2.24, 2.45) is 12.5 Å². The molecule has 0 bridgehead atoms. The van der Waals surface area contributed by atoms with Gasteiger partial charge in [-0.3, -0.25) is 9.48 Å². The van der Waals surface area contributed by atoms with E-state index in [-0.39, 0.29) is 17.4 Å². The van der Waals surface area contributed by atoms with Gasteiger partial charge in [-0.2, -0.15) is 5.10 Å². The predicted molar refractivity (Wildman–Crippen MR) is 91.6 cm³/mol. The van der Waals surface area contributed by atoms with Crippen molar-refractivity contribution in [1.82, 2.24) is 15.1 Å². The highest BCUT2D eigenvalue weighted by atomic mass is 16.5. The van der Waals surface area contributed by atoms with Crippen LogP contribution in [0.4, 0.5) is 0 Å². The Morgan fingerprint density at radius 1 is 1.25 bits per heavy atom. The molecule has 1 saturated heterocycles. The molecule has 1 atom stereocenters. The molecule has 5 nitrogen and oxygen atoms in total. The highest BCUT2D eigenvalue weighted by Crippen LogP contribution is 2.48. The number of nitrogens with one attached hydrogen (secondary N) is 1. The van der Waals surface area contributed by atoms with Crippen molar-refractivity contribution in [2.75, 3.05) is 13.2 Å². The molecule has 1 spiro atoms. The van der Waals surface area contributed by atoms with E-state index < -0.39 is 0 Å². The van der Waals surface area contributed by atoms with Crippen LogP contribution < -0.4 is 5.32 Å². The van der Waals surface area contributed by atoms with E-state index in [1.54, 1.807) is 4.68 Å². The molecule has 126 valence electrons. The predicted octanol–water partition coefficient (Wildman–Crippen LogP) is 2.78. The summed E-state index contributed by atoms with van der Waals surface area (Å²) in [5, 5.41) is 7.74. The lowest BCUT2D eigenvalue weighted by Gasteiger charge is -2.52. The molecule has 1 N–H and O–H groups in total. The molecule has 1 saturated carbocycles. The maximum atomic E-state index is 12.7. The highest BCUT2D eigenvalue weighted by molar-refractivity contribution is 5.94. The van der Waals surface area contributed by atoms with Gasteiger partial charge in [-0.05, 0) is 37.2 Å². The summed E-state index contributed by atoms with van der Waals surface area (Å²) in [5.74, 6) is -0.0252. The summed E-state index contributed by atoms with van der Waals surface area (Å²) in [6, 6.07) is 12.1. The quantitative estimate of drug-likeness (QED) is 0.944. The Kier molecular flexibility index (Phi) is 3.88. The molecule has 1 aliphatic heterocycles. The van der Waals surface area contributed by atoms with E-state index in [0.717, 1.165) is 43.7 Å². The standard InChI is InChI=1S/C19H23N3O2/c1-22-16(13-15(21-22)14-5-3-2-4-6-14)18(23)20-17-7-8-19(17)9-11-24-12-10-19/h2-6,13,17H,7-12H2,1H3,(H,20,23). The van der Waals surface area contributed by atoms with Gasteiger partial charge in [0, 0.05) is 31.9 Å². The van der Waals surface area contributed by atoms with E-state index in [0.29, 0.717) is 5.69 Å². The van der Waals surface area contributed by atoms with Gasteiger partial charge in [0.15, 0.2) is 0 Å². The third kappa shape index (κ3) is 2.63. The van der Waals surface area contributed by atoms with Crippen LogP contribution in [0.1, 0.15) is 36.2 Å². The number of aryl methyl sites for hydroxylation is 1. The summed E-state index contributed by atoms with van der Waals surface area (Å²) in [5.41, 5.74) is 2.73. The van der Waals surface area contributed by atoms with Crippen molar-refractivity contribution < 1.29 is 9.53 Å². The summed E-state index contributed by atoms with van der Waals surface area (Å²) < 4.78 is 7.16. The topological polar surface area (TPSA) is 56.2 Å². The number of carbonyl (C=O) groups is 1. The molecule has 5 heteroatoms. The summed E-state index contributed by atoms with van der Waals surface area (Å²) in [7, 11) is 1.83. The molecular formula is C19H23N3O2. The van der Waals surface area contributed by atoms with E-state index in [1.807, 2.05) is 43.4 Å². The number of aromatic nitrogens is 2. The summed E-state index contributed by atoms with van der Waals surface area (Å²) >= 11 is 0. The molecular weight excluding hydrogens is 302 g/mol. The molecule has 2 fully saturated rings. The van der Waals surface area contributed by atoms with Crippen LogP contribution in [0.3, 0.4) is 0 Å². The Hall–Kier alpha value is -2.14. The first-order valence-electron chi connectivity index (χ1n) is 8.66. The van der Waals surface area contributed by atoms with E-state index in [9.17, 15) is 4.79 Å². The number of hydrogen-bond acceptors (Lipinski definition) is 3. The van der Waals surface area contributed by atoms with Crippen molar-refractivity contribution in [3.8, 4) is 11.3 Å². The zero-order valence-corrected chi connectivity index (χ0v) is 14.0. The molecule has 1 aromatic carbocycles. The molecule has 0 radical (unpaired) electrons. The van der Waals surface area contributed by atoms with Crippen LogP contribution in [-0.2, 0) is 11.8 Å². The first-order valence-corrected chi connectivity index (χ1v) is 8.66. The first kappa shape index (κ1) is 15.4. The van der Waals surface area contributed by atoms with E-state index >= 15 is 0 Å². The molecule has 4 rings (SSSR count). The molecule has 1 aromatic heterocycles. The van der Waals surface area contributed by atoms with Crippen molar-refractivity contribution in [3.63, 3.8) is 0 Å². The first-order chi connectivity index (χ1) is 11.7. The van der Waals surface area contributed by atoms with Crippen LogP contribution in [0.5, 0.6) is 0 Å². The minimum atomic E-state index is -0.0252. The number of ether oxygens (including phenoxy) is 1. The molecule has 1 amide bonds. The van der Waals surface area contributed by atoms with Crippen LogP contribution in [0.15, 0.2) is 36.4 Å². The maximum Gasteiger partial charge on any atom is 0.269 e. The van der Waals surface area contributed by atoms with Gasteiger partial charge in [0.2, 0.25) is 0 Å². The Labute approximate surface area is 142 Å². The van der Waals surface area contributed by atoms with Crippen LogP contribution in [0.2, 0.25) is 0 Å². The number of amides is 1. The lowest BCUT2D eigenvalue weighted by Crippen LogP contribution is -2.57. The van der Waals surface area contributed by atoms with E-state index in [1.165, 1.54) is 6.42 Å². The highest BCUT2D eigenvalue weighted by Gasteiger charge is 2.48. The third-order valence-electron chi connectivity index (χ3n) is 5.65. The average molecular weight is 325 g/mol. The molecule has 1 unspecified atom stereocenters. The van der Waals surface area contributed by atoms with Crippen molar-refractivity contribution >= 4 is 5.91 Å². The largest absolute Gasteiger partial charge is 0.381 e. The number of rotatable bonds is 3. The zero-order valence-electron chi connectivity index (χ0n) is 14.0. The maximum absolute atomic E-state index is 12.7. The van der Waals surface area contributed by atoms with Crippen LogP contribution >= 0.6 is 0 Å². The number of benzene rings is 1. The Morgan fingerprint density at radius 2 is 2.00 bits per heavy atom. The lowest BCUT2D eigenvalue weighted by atomic mass is 9.60. The van der Waals surface area contributed by atoms with Crippen molar-refractivity contribution in [3.05, 3.63) is 42.1 Å². The monoisotopic (exact) mass is 325 g/mol. The van der Waals surface area contributed by atoms with Gasteiger partial charge in [0.1, 0.15) is 5.69 Å². The van der Waals surface area contributed by atoms with Gasteiger partial charge >= 0.3 is 0 Å². The minimum absolute atomic E-state index is 0.0252. The van der Waals surface area contributed by atoms with Gasteiger partial charge in [0.25, 0.3) is 5.91 Å². The lowest BCUT2D eigenvalue weighted by molar-refractivity contribution is -0.0523. The fourth-order valence-electron chi connectivity index (χ4n) is 3.96. The minimum Gasteiger partial charge on any atom is -0.381 e. The fraction of sp³-hybridized carbons (Fsp3) is 0.474. The Balaban J connectivity index is 1.50. The van der Waals surface area contributed by atoms with Crippen LogP contribution in [0.25, 0.3) is 11.3 Å². The van der Waals surface area contributed by atoms with E-state index in [2.05, 4.69) is 10.4 Å². The average Bonchev–Trinajstić information content (AvgIpc) is 3.02. The van der Waals surface area contributed by atoms with Gasteiger partial charge in [-0.15, -0.1) is 0 Å². The van der Waals surface area contributed by atoms with Gasteiger partial charge < -0.3 is 10.1 Å². The fourth-order valence-corrected chi connectivity index (χ4v) is 3.96. The molecule has 2 heterocycles. The number of hydrogen-bond donors (Lipinski definition) is 1. The zero-order chi connectivity index (χ0) is 16.6. The number of nitrogens with zero attached hydrogens (tertiary/aromatic N) is 2. The Bertz CT molecular complexity index is 732. The van der Waals surface area contributed by atoms with E-state index in [4.69, 9.17) is 4.74 Å². The molecule has 1 aliphatic carbocycles. The smallest absolute Gasteiger partial charge is 0.269 e. The summed E-state index contributed by atoms with van der Waals surface area (Å²) in [6.07, 6.45) is 4.37. The second kappa shape index (κ2) is 6.06. The number of carbonyl (C=O) groups excluding carboxylic acids is 1. The second-order valence-corrected chi connectivity index (χ2v) is 6.94. The van der Waals surface area contributed by atoms with Gasteiger partial charge in [0.05, 0.1) is 5.69 Å². The molecule has 2 aromatic rings. The van der Waals surface area contributed by atoms with Crippen LogP contribution in [-0.4, -0.2) is 34.9 Å². The van der Waals surface area contributed by atoms with Crippen molar-refractivity contribution in [2.45, 2.75) is 31.7 Å². The molecule has 24 heavy (non-hydrogen) atoms. The normalized spacial score (nSPS) is 22.1. The Morgan fingerprint density at radius 3 is 2.67 bits per heavy atom.